The van der Waals surface area contributed by atoms with Crippen molar-refractivity contribution in [3.05, 3.63) is 27.7 Å². The number of anilines is 1. The topological polar surface area (TPSA) is 81.4 Å². The number of fused-ring (bicyclic) bond motifs is 1. The van der Waals surface area contributed by atoms with Crippen LogP contribution in [0.5, 0.6) is 0 Å². The van der Waals surface area contributed by atoms with E-state index in [0.29, 0.717) is 24.7 Å². The van der Waals surface area contributed by atoms with E-state index in [1.165, 1.54) is 0 Å². The molecule has 120 valence electrons. The summed E-state index contributed by atoms with van der Waals surface area (Å²) in [5, 5.41) is 2.45. The normalized spacial score (nSPS) is 15.4. The molecule has 0 fully saturated rings. The standard InChI is InChI=1S/C13H13F3N2O3S/c1-6(13(14,15)16)4-9(19)18-12-10(11(17)20)7-2-3-21-5-8(7)22-12/h4H,2-3,5H2,1H3,(H2,17,20)(H,18,19). The second-order valence-corrected chi connectivity index (χ2v) is 5.79. The minimum absolute atomic E-state index is 0.148. The summed E-state index contributed by atoms with van der Waals surface area (Å²) >= 11 is 1.08. The molecule has 1 aliphatic rings. The molecule has 3 N–H and O–H groups in total. The third kappa shape index (κ3) is 3.47. The Bertz CT molecular complexity index is 650. The fourth-order valence-electron chi connectivity index (χ4n) is 2.01. The second kappa shape index (κ2) is 6.09. The summed E-state index contributed by atoms with van der Waals surface area (Å²) in [4.78, 5) is 24.0. The van der Waals surface area contributed by atoms with Crippen LogP contribution in [-0.2, 0) is 22.6 Å². The van der Waals surface area contributed by atoms with E-state index in [9.17, 15) is 22.8 Å². The molecular formula is C13H13F3N2O3S. The zero-order valence-corrected chi connectivity index (χ0v) is 12.4. The number of nitrogens with two attached hydrogens (primary N) is 1. The zero-order valence-electron chi connectivity index (χ0n) is 11.5. The van der Waals surface area contributed by atoms with Crippen LogP contribution in [0.15, 0.2) is 11.6 Å². The maximum absolute atomic E-state index is 12.4. The lowest BCUT2D eigenvalue weighted by Gasteiger charge is -2.12. The van der Waals surface area contributed by atoms with Crippen molar-refractivity contribution in [1.29, 1.82) is 0 Å². The molecule has 0 aromatic carbocycles. The number of primary amides is 1. The van der Waals surface area contributed by atoms with Crippen molar-refractivity contribution in [3.63, 3.8) is 0 Å². The van der Waals surface area contributed by atoms with Gasteiger partial charge < -0.3 is 15.8 Å². The highest BCUT2D eigenvalue weighted by Gasteiger charge is 2.31. The molecule has 2 rings (SSSR count). The Kier molecular flexibility index (Phi) is 4.57. The van der Waals surface area contributed by atoms with Gasteiger partial charge in [-0.25, -0.2) is 0 Å². The first kappa shape index (κ1) is 16.5. The largest absolute Gasteiger partial charge is 0.412 e. The van der Waals surface area contributed by atoms with E-state index < -0.39 is 23.6 Å². The molecule has 2 amide bonds. The van der Waals surface area contributed by atoms with E-state index in [4.69, 9.17) is 10.5 Å². The van der Waals surface area contributed by atoms with Gasteiger partial charge in [0.1, 0.15) is 5.00 Å². The highest BCUT2D eigenvalue weighted by Crippen LogP contribution is 2.36. The van der Waals surface area contributed by atoms with Crippen LogP contribution >= 0.6 is 11.3 Å². The lowest BCUT2D eigenvalue weighted by atomic mass is 10.1. The number of alkyl halides is 3. The summed E-state index contributed by atoms with van der Waals surface area (Å²) in [6, 6.07) is 0. The fraction of sp³-hybridized carbons (Fsp3) is 0.385. The first-order valence-corrected chi connectivity index (χ1v) is 7.10. The van der Waals surface area contributed by atoms with Gasteiger partial charge in [-0.15, -0.1) is 11.3 Å². The van der Waals surface area contributed by atoms with Gasteiger partial charge in [0.2, 0.25) is 5.91 Å². The van der Waals surface area contributed by atoms with Crippen molar-refractivity contribution in [2.75, 3.05) is 11.9 Å². The molecule has 0 saturated heterocycles. The number of hydrogen-bond acceptors (Lipinski definition) is 4. The minimum Gasteiger partial charge on any atom is -0.376 e. The van der Waals surface area contributed by atoms with E-state index in [0.717, 1.165) is 23.1 Å². The van der Waals surface area contributed by atoms with Gasteiger partial charge in [-0.1, -0.05) is 0 Å². The van der Waals surface area contributed by atoms with Gasteiger partial charge in [-0.3, -0.25) is 9.59 Å². The highest BCUT2D eigenvalue weighted by atomic mass is 32.1. The maximum Gasteiger partial charge on any atom is 0.412 e. The molecule has 0 bridgehead atoms. The van der Waals surface area contributed by atoms with Crippen LogP contribution in [-0.4, -0.2) is 24.6 Å². The van der Waals surface area contributed by atoms with Crippen molar-refractivity contribution in [2.24, 2.45) is 5.73 Å². The predicted octanol–water partition coefficient (Wildman–Crippen LogP) is 2.37. The third-order valence-electron chi connectivity index (χ3n) is 3.10. The van der Waals surface area contributed by atoms with Gasteiger partial charge in [0, 0.05) is 16.5 Å². The van der Waals surface area contributed by atoms with E-state index in [2.05, 4.69) is 5.32 Å². The zero-order chi connectivity index (χ0) is 16.5. The molecule has 0 aliphatic carbocycles. The van der Waals surface area contributed by atoms with E-state index >= 15 is 0 Å². The molecule has 0 atom stereocenters. The van der Waals surface area contributed by atoms with E-state index in [-0.39, 0.29) is 17.2 Å². The average Bonchev–Trinajstić information content (AvgIpc) is 2.74. The maximum atomic E-state index is 12.4. The number of ether oxygens (including phenoxy) is 1. The number of nitrogens with one attached hydrogen (secondary N) is 1. The summed E-state index contributed by atoms with van der Waals surface area (Å²) in [5.74, 6) is -1.69. The van der Waals surface area contributed by atoms with Crippen LogP contribution in [0.4, 0.5) is 18.2 Å². The predicted molar refractivity (Wildman–Crippen MR) is 74.6 cm³/mol. The Hall–Kier alpha value is -1.87. The number of rotatable bonds is 3. The van der Waals surface area contributed by atoms with E-state index in [1.807, 2.05) is 0 Å². The quantitative estimate of drug-likeness (QED) is 0.833. The Morgan fingerprint density at radius 2 is 2.09 bits per heavy atom. The average molecular weight is 334 g/mol. The summed E-state index contributed by atoms with van der Waals surface area (Å²) < 4.78 is 42.5. The van der Waals surface area contributed by atoms with Crippen molar-refractivity contribution >= 4 is 28.2 Å². The monoisotopic (exact) mass is 334 g/mol. The minimum atomic E-state index is -4.58. The van der Waals surface area contributed by atoms with Gasteiger partial charge in [0.25, 0.3) is 5.91 Å². The SMILES string of the molecule is CC(=CC(=O)Nc1sc2c(c1C(N)=O)CCOC2)C(F)(F)F. The number of allylic oxidation sites excluding steroid dienone is 1. The molecule has 1 aromatic heterocycles. The smallest absolute Gasteiger partial charge is 0.376 e. The van der Waals surface area contributed by atoms with Crippen molar-refractivity contribution in [1.82, 2.24) is 0 Å². The van der Waals surface area contributed by atoms with Crippen LogP contribution in [0.3, 0.4) is 0 Å². The Balaban J connectivity index is 2.28. The molecule has 1 aromatic rings. The first-order chi connectivity index (χ1) is 10.2. The van der Waals surface area contributed by atoms with Crippen LogP contribution in [0.2, 0.25) is 0 Å². The van der Waals surface area contributed by atoms with Crippen LogP contribution in [0, 0.1) is 0 Å². The number of amides is 2. The third-order valence-corrected chi connectivity index (χ3v) is 4.22. The van der Waals surface area contributed by atoms with Crippen molar-refractivity contribution < 1.29 is 27.5 Å². The number of thiophene rings is 1. The molecule has 22 heavy (non-hydrogen) atoms. The highest BCUT2D eigenvalue weighted by molar-refractivity contribution is 7.17. The number of carbonyl (C=O) groups is 2. The van der Waals surface area contributed by atoms with Crippen molar-refractivity contribution in [3.8, 4) is 0 Å². The van der Waals surface area contributed by atoms with Gasteiger partial charge in [0.15, 0.2) is 0 Å². The molecule has 2 heterocycles. The molecule has 0 saturated carbocycles. The lowest BCUT2D eigenvalue weighted by Crippen LogP contribution is -2.19. The number of hydrogen-bond donors (Lipinski definition) is 2. The van der Waals surface area contributed by atoms with E-state index in [1.54, 1.807) is 0 Å². The first-order valence-electron chi connectivity index (χ1n) is 6.28. The molecule has 5 nitrogen and oxygen atoms in total. The number of carbonyl (C=O) groups excluding carboxylic acids is 2. The Morgan fingerprint density at radius 1 is 1.41 bits per heavy atom. The van der Waals surface area contributed by atoms with Gasteiger partial charge in [-0.05, 0) is 18.9 Å². The van der Waals surface area contributed by atoms with Crippen molar-refractivity contribution in [2.45, 2.75) is 26.1 Å². The summed E-state index contributed by atoms with van der Waals surface area (Å²) in [5.41, 5.74) is 5.12. The van der Waals surface area contributed by atoms with Gasteiger partial charge in [-0.2, -0.15) is 13.2 Å². The fourth-order valence-corrected chi connectivity index (χ4v) is 3.20. The van der Waals surface area contributed by atoms with Crippen LogP contribution in [0.1, 0.15) is 27.7 Å². The number of halogens is 3. The molecule has 0 unspecified atom stereocenters. The summed E-state index contributed by atoms with van der Waals surface area (Å²) in [7, 11) is 0. The van der Waals surface area contributed by atoms with Crippen LogP contribution in [0.25, 0.3) is 0 Å². The molecule has 0 spiro atoms. The molecule has 0 radical (unpaired) electrons. The molecule has 9 heteroatoms. The van der Waals surface area contributed by atoms with Gasteiger partial charge >= 0.3 is 6.18 Å². The Morgan fingerprint density at radius 3 is 2.68 bits per heavy atom. The summed E-state index contributed by atoms with van der Waals surface area (Å²) in [6.07, 6.45) is -3.66. The van der Waals surface area contributed by atoms with Gasteiger partial charge in [0.05, 0.1) is 18.8 Å². The lowest BCUT2D eigenvalue weighted by molar-refractivity contribution is -0.113. The molecular weight excluding hydrogens is 321 g/mol. The second-order valence-electron chi connectivity index (χ2n) is 4.69. The molecule has 1 aliphatic heterocycles. The van der Waals surface area contributed by atoms with Crippen LogP contribution < -0.4 is 11.1 Å². The summed E-state index contributed by atoms with van der Waals surface area (Å²) in [6.45, 7) is 1.50. The Labute approximate surface area is 127 Å².